The van der Waals surface area contributed by atoms with Crippen LogP contribution in [-0.2, 0) is 16.1 Å². The standard InChI is InChI=1S/C22H30N4O4/c27-20-3-7-24(8-6-23-20)21(28)18-1-2-19-16-11-15(13-26(19)22(18)29)12-25(14-16)17-4-9-30-10-5-17/h1-2,15-17H,3-14H2,(H,23,27)/t15-,16+/m0/s1. The van der Waals surface area contributed by atoms with Crippen LogP contribution in [-0.4, -0.2) is 78.2 Å². The minimum Gasteiger partial charge on any atom is -0.381 e. The van der Waals surface area contributed by atoms with E-state index in [2.05, 4.69) is 10.2 Å². The van der Waals surface area contributed by atoms with Gasteiger partial charge in [-0.2, -0.15) is 0 Å². The number of carbonyl (C=O) groups is 2. The van der Waals surface area contributed by atoms with Crippen LogP contribution in [0.2, 0.25) is 0 Å². The number of pyridine rings is 1. The number of hydrogen-bond acceptors (Lipinski definition) is 5. The lowest BCUT2D eigenvalue weighted by atomic mass is 9.82. The van der Waals surface area contributed by atoms with E-state index in [-0.39, 0.29) is 29.4 Å². The topological polar surface area (TPSA) is 83.9 Å². The number of aromatic nitrogens is 1. The van der Waals surface area contributed by atoms with Gasteiger partial charge in [0.05, 0.1) is 0 Å². The van der Waals surface area contributed by atoms with Crippen molar-refractivity contribution in [3.05, 3.63) is 33.7 Å². The first-order chi connectivity index (χ1) is 14.6. The third-order valence-electron chi connectivity index (χ3n) is 7.17. The summed E-state index contributed by atoms with van der Waals surface area (Å²) in [6.07, 6.45) is 3.58. The number of amides is 2. The summed E-state index contributed by atoms with van der Waals surface area (Å²) < 4.78 is 7.38. The summed E-state index contributed by atoms with van der Waals surface area (Å²) in [5.74, 6) is 0.486. The predicted octanol–water partition coefficient (Wildman–Crippen LogP) is 0.409. The molecule has 2 amide bonds. The summed E-state index contributed by atoms with van der Waals surface area (Å²) in [6.45, 7) is 5.60. The van der Waals surface area contributed by atoms with Gasteiger partial charge in [-0.15, -0.1) is 0 Å². The molecular formula is C22H30N4O4. The summed E-state index contributed by atoms with van der Waals surface area (Å²) in [5, 5.41) is 2.77. The van der Waals surface area contributed by atoms with Crippen molar-refractivity contribution in [2.24, 2.45) is 5.92 Å². The van der Waals surface area contributed by atoms with Crippen LogP contribution in [0.25, 0.3) is 0 Å². The number of nitrogens with one attached hydrogen (secondary N) is 1. The van der Waals surface area contributed by atoms with Gasteiger partial charge in [0.15, 0.2) is 0 Å². The van der Waals surface area contributed by atoms with E-state index in [4.69, 9.17) is 4.74 Å². The van der Waals surface area contributed by atoms with Crippen molar-refractivity contribution in [2.45, 2.75) is 44.2 Å². The molecule has 1 aromatic heterocycles. The second kappa shape index (κ2) is 8.15. The van der Waals surface area contributed by atoms with E-state index < -0.39 is 0 Å². The fraction of sp³-hybridized carbons (Fsp3) is 0.682. The van der Waals surface area contributed by atoms with Gasteiger partial charge in [-0.25, -0.2) is 0 Å². The van der Waals surface area contributed by atoms with Crippen LogP contribution in [0.1, 0.15) is 47.7 Å². The van der Waals surface area contributed by atoms with Crippen molar-refractivity contribution in [3.63, 3.8) is 0 Å². The highest BCUT2D eigenvalue weighted by Crippen LogP contribution is 2.37. The normalized spacial score (nSPS) is 27.9. The quantitative estimate of drug-likeness (QED) is 0.758. The molecule has 2 bridgehead atoms. The smallest absolute Gasteiger partial charge is 0.263 e. The lowest BCUT2D eigenvalue weighted by Crippen LogP contribution is -2.52. The largest absolute Gasteiger partial charge is 0.381 e. The molecule has 8 heteroatoms. The lowest BCUT2D eigenvalue weighted by molar-refractivity contribution is -0.120. The number of rotatable bonds is 2. The third kappa shape index (κ3) is 3.67. The van der Waals surface area contributed by atoms with Gasteiger partial charge < -0.3 is 19.5 Å². The van der Waals surface area contributed by atoms with Crippen LogP contribution in [0.3, 0.4) is 0 Å². The van der Waals surface area contributed by atoms with Gasteiger partial charge in [0.1, 0.15) is 5.56 Å². The third-order valence-corrected chi connectivity index (χ3v) is 7.17. The maximum Gasteiger partial charge on any atom is 0.263 e. The van der Waals surface area contributed by atoms with Crippen molar-refractivity contribution in [1.29, 1.82) is 0 Å². The monoisotopic (exact) mass is 414 g/mol. The zero-order chi connectivity index (χ0) is 20.7. The maximum absolute atomic E-state index is 13.3. The molecule has 0 saturated carbocycles. The number of piperidine rings is 1. The number of fused-ring (bicyclic) bond motifs is 4. The Labute approximate surface area is 176 Å². The molecule has 1 aromatic rings. The van der Waals surface area contributed by atoms with Crippen molar-refractivity contribution < 1.29 is 14.3 Å². The Morgan fingerprint density at radius 1 is 1.07 bits per heavy atom. The fourth-order valence-electron chi connectivity index (χ4n) is 5.63. The molecule has 2 atom stereocenters. The summed E-state index contributed by atoms with van der Waals surface area (Å²) >= 11 is 0. The zero-order valence-electron chi connectivity index (χ0n) is 17.3. The molecule has 1 N–H and O–H groups in total. The van der Waals surface area contributed by atoms with Gasteiger partial charge in [0.25, 0.3) is 11.5 Å². The molecule has 0 aliphatic carbocycles. The fourth-order valence-corrected chi connectivity index (χ4v) is 5.63. The van der Waals surface area contributed by atoms with Crippen molar-refractivity contribution in [2.75, 3.05) is 45.9 Å². The van der Waals surface area contributed by atoms with Gasteiger partial charge in [0.2, 0.25) is 5.91 Å². The Morgan fingerprint density at radius 2 is 1.90 bits per heavy atom. The van der Waals surface area contributed by atoms with Crippen LogP contribution < -0.4 is 10.9 Å². The molecule has 8 nitrogen and oxygen atoms in total. The molecule has 3 saturated heterocycles. The van der Waals surface area contributed by atoms with Crippen LogP contribution >= 0.6 is 0 Å². The van der Waals surface area contributed by atoms with Crippen molar-refractivity contribution in [3.8, 4) is 0 Å². The van der Waals surface area contributed by atoms with Crippen molar-refractivity contribution >= 4 is 11.8 Å². The van der Waals surface area contributed by atoms with E-state index in [1.165, 1.54) is 0 Å². The zero-order valence-corrected chi connectivity index (χ0v) is 17.3. The van der Waals surface area contributed by atoms with E-state index in [0.29, 0.717) is 44.1 Å². The SMILES string of the molecule is O=C1CCN(C(=O)c2ccc3n(c2=O)C[C@H]2C[C@@H]3CN(C3CCOCC3)C2)CCN1. The average Bonchev–Trinajstić information content (AvgIpc) is 2.99. The lowest BCUT2D eigenvalue weighted by Gasteiger charge is -2.46. The molecule has 4 aliphatic heterocycles. The number of carbonyl (C=O) groups excluding carboxylic acids is 2. The van der Waals surface area contributed by atoms with Crippen LogP contribution in [0, 0.1) is 5.92 Å². The highest BCUT2D eigenvalue weighted by Gasteiger charge is 2.38. The van der Waals surface area contributed by atoms with E-state index in [0.717, 1.165) is 51.3 Å². The highest BCUT2D eigenvalue weighted by atomic mass is 16.5. The Bertz CT molecular complexity index is 892. The molecule has 0 unspecified atom stereocenters. The average molecular weight is 415 g/mol. The van der Waals surface area contributed by atoms with Gasteiger partial charge in [0, 0.05) is 76.6 Å². The molecule has 4 aliphatic rings. The maximum atomic E-state index is 13.3. The number of ether oxygens (including phenoxy) is 1. The minimum atomic E-state index is -0.258. The van der Waals surface area contributed by atoms with E-state index >= 15 is 0 Å². The van der Waals surface area contributed by atoms with Gasteiger partial charge in [-0.05, 0) is 37.3 Å². The van der Waals surface area contributed by atoms with E-state index in [1.54, 1.807) is 11.0 Å². The van der Waals surface area contributed by atoms with Gasteiger partial charge in [-0.3, -0.25) is 19.3 Å². The molecule has 30 heavy (non-hydrogen) atoms. The van der Waals surface area contributed by atoms with Crippen molar-refractivity contribution in [1.82, 2.24) is 19.7 Å². The summed E-state index contributed by atoms with van der Waals surface area (Å²) in [6, 6.07) is 4.29. The first kappa shape index (κ1) is 19.8. The molecule has 0 spiro atoms. The Balaban J connectivity index is 1.37. The first-order valence-corrected chi connectivity index (χ1v) is 11.2. The summed E-state index contributed by atoms with van der Waals surface area (Å²) in [4.78, 5) is 42.1. The summed E-state index contributed by atoms with van der Waals surface area (Å²) in [5.41, 5.74) is 1.13. The molecule has 0 aromatic carbocycles. The van der Waals surface area contributed by atoms with Crippen LogP contribution in [0.15, 0.2) is 16.9 Å². The molecule has 3 fully saturated rings. The first-order valence-electron chi connectivity index (χ1n) is 11.2. The highest BCUT2D eigenvalue weighted by molar-refractivity contribution is 5.94. The van der Waals surface area contributed by atoms with Gasteiger partial charge in [-0.1, -0.05) is 0 Å². The molecule has 0 radical (unpaired) electrons. The summed E-state index contributed by atoms with van der Waals surface area (Å²) in [7, 11) is 0. The Kier molecular flexibility index (Phi) is 5.37. The Hall–Kier alpha value is -2.19. The Morgan fingerprint density at radius 3 is 2.73 bits per heavy atom. The van der Waals surface area contributed by atoms with Gasteiger partial charge >= 0.3 is 0 Å². The predicted molar refractivity (Wildman–Crippen MR) is 110 cm³/mol. The molecular weight excluding hydrogens is 384 g/mol. The molecule has 5 rings (SSSR count). The number of nitrogens with zero attached hydrogens (tertiary/aromatic N) is 3. The molecule has 5 heterocycles. The molecule has 162 valence electrons. The minimum absolute atomic E-state index is 0.0469. The van der Waals surface area contributed by atoms with Crippen LogP contribution in [0.4, 0.5) is 0 Å². The van der Waals surface area contributed by atoms with E-state index in [1.807, 2.05) is 10.6 Å². The number of likely N-dealkylation sites (tertiary alicyclic amines) is 1. The van der Waals surface area contributed by atoms with E-state index in [9.17, 15) is 14.4 Å². The second-order valence-electron chi connectivity index (χ2n) is 9.08. The van der Waals surface area contributed by atoms with Crippen LogP contribution in [0.5, 0.6) is 0 Å². The number of hydrogen-bond donors (Lipinski definition) is 1. The second-order valence-corrected chi connectivity index (χ2v) is 9.08.